The van der Waals surface area contributed by atoms with Crippen molar-refractivity contribution in [2.45, 2.75) is 0 Å². The van der Waals surface area contributed by atoms with E-state index >= 15 is 0 Å². The molecule has 4 nitrogen and oxygen atoms in total. The van der Waals surface area contributed by atoms with Crippen molar-refractivity contribution in [2.75, 3.05) is 0 Å². The summed E-state index contributed by atoms with van der Waals surface area (Å²) in [6.45, 7) is 0. The third-order valence-corrected chi connectivity index (χ3v) is 2.73. The maximum Gasteiger partial charge on any atom is 0.238 e. The van der Waals surface area contributed by atoms with Crippen LogP contribution in [0.1, 0.15) is 5.56 Å². The molecular weight excluding hydrogens is 204 g/mol. The minimum absolute atomic E-state index is 0.186. The number of carbonyl (C=O) groups is 1. The fourth-order valence-corrected chi connectivity index (χ4v) is 1.98. The van der Waals surface area contributed by atoms with Crippen molar-refractivity contribution in [1.29, 1.82) is 0 Å². The number of quaternary nitrogens is 1. The number of amidine groups is 1. The predicted molar refractivity (Wildman–Crippen MR) is 62.2 cm³/mol. The number of para-hydroxylation sites is 1. The molecule has 16 heavy (non-hydrogen) atoms. The molecule has 0 radical (unpaired) electrons. The monoisotopic (exact) mass is 212 g/mol. The zero-order valence-electron chi connectivity index (χ0n) is 8.33. The number of benzene rings is 1. The Balaban J connectivity index is 2.27. The summed E-state index contributed by atoms with van der Waals surface area (Å²) in [6, 6.07) is 7.30. The summed E-state index contributed by atoms with van der Waals surface area (Å²) in [5.41, 5.74) is 1.65. The summed E-state index contributed by atoms with van der Waals surface area (Å²) in [6.07, 6.45) is 5.41. The molecule has 2 aliphatic heterocycles. The van der Waals surface area contributed by atoms with Gasteiger partial charge in [-0.05, 0) is 12.1 Å². The molecule has 78 valence electrons. The molecule has 0 saturated heterocycles. The highest BCUT2D eigenvalue weighted by atomic mass is 16.5. The van der Waals surface area contributed by atoms with Crippen LogP contribution in [-0.2, 0) is 4.79 Å². The number of hydrogen-bond donors (Lipinski definition) is 0. The van der Waals surface area contributed by atoms with Crippen LogP contribution in [0.3, 0.4) is 0 Å². The lowest BCUT2D eigenvalue weighted by molar-refractivity contribution is -0.104. The molecule has 0 spiro atoms. The maximum absolute atomic E-state index is 12.6. The molecule has 2 heterocycles. The molecule has 2 aliphatic rings. The Hall–Kier alpha value is -2.04. The van der Waals surface area contributed by atoms with Crippen LogP contribution in [0, 0.1) is 5.21 Å². The third kappa shape index (κ3) is 1.05. The van der Waals surface area contributed by atoms with Gasteiger partial charge in [0.2, 0.25) is 5.84 Å². The second-order valence-corrected chi connectivity index (χ2v) is 3.69. The van der Waals surface area contributed by atoms with Crippen LogP contribution in [0.2, 0.25) is 0 Å². The number of hydrogen-bond acceptors (Lipinski definition) is 3. The Labute approximate surface area is 92.0 Å². The zero-order valence-corrected chi connectivity index (χ0v) is 8.33. The molecule has 3 rings (SSSR count). The number of hydroxylamine groups is 2. The molecule has 0 aliphatic carbocycles. The zero-order chi connectivity index (χ0) is 11.2. The second kappa shape index (κ2) is 2.98. The van der Waals surface area contributed by atoms with E-state index in [2.05, 4.69) is 4.99 Å². The van der Waals surface area contributed by atoms with Crippen molar-refractivity contribution in [1.82, 2.24) is 4.65 Å². The van der Waals surface area contributed by atoms with E-state index in [1.165, 1.54) is 6.20 Å². The average molecular weight is 212 g/mol. The van der Waals surface area contributed by atoms with Gasteiger partial charge in [-0.3, -0.25) is 9.44 Å². The van der Waals surface area contributed by atoms with E-state index in [1.54, 1.807) is 18.2 Å². The molecule has 1 aromatic rings. The van der Waals surface area contributed by atoms with Crippen LogP contribution >= 0.6 is 0 Å². The van der Waals surface area contributed by atoms with Gasteiger partial charge in [-0.25, -0.2) is 0 Å². The van der Waals surface area contributed by atoms with E-state index in [9.17, 15) is 10.0 Å². The van der Waals surface area contributed by atoms with E-state index in [-0.39, 0.29) is 5.70 Å². The van der Waals surface area contributed by atoms with Gasteiger partial charge in [0.25, 0.3) is 0 Å². The number of aldehydes is 1. The highest BCUT2D eigenvalue weighted by Crippen LogP contribution is 2.36. The van der Waals surface area contributed by atoms with Crippen molar-refractivity contribution in [2.24, 2.45) is 4.99 Å². The lowest BCUT2D eigenvalue weighted by Crippen LogP contribution is -2.42. The molecule has 1 unspecified atom stereocenters. The van der Waals surface area contributed by atoms with Gasteiger partial charge >= 0.3 is 0 Å². The van der Waals surface area contributed by atoms with Crippen LogP contribution in [-0.4, -0.2) is 12.1 Å². The van der Waals surface area contributed by atoms with Crippen molar-refractivity contribution in [3.05, 3.63) is 53.0 Å². The quantitative estimate of drug-likeness (QED) is 0.406. The summed E-state index contributed by atoms with van der Waals surface area (Å²) in [4.78, 5) is 14.6. The lowest BCUT2D eigenvalue weighted by atomic mass is 10.1. The molecule has 0 saturated carbocycles. The maximum atomic E-state index is 12.6. The smallest absolute Gasteiger partial charge is 0.238 e. The summed E-state index contributed by atoms with van der Waals surface area (Å²) >= 11 is 0. The van der Waals surface area contributed by atoms with Crippen molar-refractivity contribution >= 4 is 23.9 Å². The molecule has 4 heteroatoms. The third-order valence-electron chi connectivity index (χ3n) is 2.73. The first-order valence-corrected chi connectivity index (χ1v) is 4.89. The Morgan fingerprint density at radius 2 is 2.06 bits per heavy atom. The van der Waals surface area contributed by atoms with E-state index in [1.807, 2.05) is 18.2 Å². The van der Waals surface area contributed by atoms with Crippen LogP contribution in [0.4, 0.5) is 5.69 Å². The summed E-state index contributed by atoms with van der Waals surface area (Å²) < 4.78 is -0.763. The van der Waals surface area contributed by atoms with Gasteiger partial charge in [-0.2, -0.15) is 4.99 Å². The Bertz CT molecular complexity index is 572. The van der Waals surface area contributed by atoms with E-state index in [0.717, 1.165) is 5.56 Å². The molecule has 0 bridgehead atoms. The number of fused-ring (bicyclic) bond motifs is 3. The molecular formula is C12H8N2O2. The highest BCUT2D eigenvalue weighted by molar-refractivity contribution is 6.12. The van der Waals surface area contributed by atoms with Crippen LogP contribution in [0.25, 0.3) is 6.08 Å². The summed E-state index contributed by atoms with van der Waals surface area (Å²) in [5.74, 6) is 0.334. The van der Waals surface area contributed by atoms with E-state index in [4.69, 9.17) is 0 Å². The number of carbonyl (C=O) groups excluding carboxylic acids is 1. The molecule has 0 aromatic heterocycles. The lowest BCUT2D eigenvalue weighted by Gasteiger charge is -2.37. The van der Waals surface area contributed by atoms with Gasteiger partial charge in [-0.1, -0.05) is 12.1 Å². The number of rotatable bonds is 1. The number of aliphatic imine (C=N–C) groups is 1. The standard InChI is InChI=1S/C12H8N2O2/c15-8-10-7-14(16)11-4-2-1-3-9(11)5-6-12(14)13-10/h1-8H. The van der Waals surface area contributed by atoms with Gasteiger partial charge < -0.3 is 5.21 Å². The SMILES string of the molecule is O=CC1=C[N+]2([O-])C(=N1)C=Cc1ccccc12. The normalized spacial score (nSPS) is 25.6. The molecule has 0 N–H and O–H groups in total. The van der Waals surface area contributed by atoms with Crippen LogP contribution in [0.5, 0.6) is 0 Å². The van der Waals surface area contributed by atoms with Gasteiger partial charge in [0, 0.05) is 17.7 Å². The topological polar surface area (TPSA) is 52.5 Å². The van der Waals surface area contributed by atoms with E-state index < -0.39 is 4.65 Å². The summed E-state index contributed by atoms with van der Waals surface area (Å²) in [5, 5.41) is 12.6. The van der Waals surface area contributed by atoms with Gasteiger partial charge in [0.05, 0.1) is 0 Å². The van der Waals surface area contributed by atoms with Crippen molar-refractivity contribution < 1.29 is 4.79 Å². The fraction of sp³-hybridized carbons (Fsp3) is 0. The number of nitrogens with zero attached hydrogens (tertiary/aromatic N) is 2. The average Bonchev–Trinajstić information content (AvgIpc) is 2.66. The Morgan fingerprint density at radius 3 is 2.88 bits per heavy atom. The van der Waals surface area contributed by atoms with Gasteiger partial charge in [0.1, 0.15) is 6.20 Å². The van der Waals surface area contributed by atoms with Gasteiger partial charge in [0.15, 0.2) is 17.7 Å². The van der Waals surface area contributed by atoms with Crippen LogP contribution < -0.4 is 4.65 Å². The number of allylic oxidation sites excluding steroid dienone is 1. The minimum Gasteiger partial charge on any atom is -0.616 e. The first kappa shape index (κ1) is 9.21. The van der Waals surface area contributed by atoms with Crippen LogP contribution in [0.15, 0.2) is 47.2 Å². The molecule has 1 atom stereocenters. The largest absolute Gasteiger partial charge is 0.616 e. The summed E-state index contributed by atoms with van der Waals surface area (Å²) in [7, 11) is 0. The fourth-order valence-electron chi connectivity index (χ4n) is 1.98. The van der Waals surface area contributed by atoms with E-state index in [0.29, 0.717) is 17.8 Å². The highest BCUT2D eigenvalue weighted by Gasteiger charge is 2.35. The predicted octanol–water partition coefficient (Wildman–Crippen LogP) is 1.97. The van der Waals surface area contributed by atoms with Crippen molar-refractivity contribution in [3.8, 4) is 0 Å². The second-order valence-electron chi connectivity index (χ2n) is 3.69. The first-order valence-electron chi connectivity index (χ1n) is 4.89. The van der Waals surface area contributed by atoms with Gasteiger partial charge in [-0.15, -0.1) is 0 Å². The molecule has 1 aromatic carbocycles. The first-order chi connectivity index (χ1) is 7.74. The molecule has 0 fully saturated rings. The molecule has 0 amide bonds. The minimum atomic E-state index is -0.763. The Morgan fingerprint density at radius 1 is 1.25 bits per heavy atom. The van der Waals surface area contributed by atoms with Crippen molar-refractivity contribution in [3.63, 3.8) is 0 Å². The Kier molecular flexibility index (Phi) is 1.71.